The molecule has 1 aromatic rings. The van der Waals surface area contributed by atoms with Crippen LogP contribution in [0.4, 0.5) is 0 Å². The van der Waals surface area contributed by atoms with E-state index in [-0.39, 0.29) is 25.2 Å². The molecule has 48 heavy (non-hydrogen) atoms. The molecular formula is C41H71NO6. The van der Waals surface area contributed by atoms with E-state index in [0.29, 0.717) is 18.4 Å². The summed E-state index contributed by atoms with van der Waals surface area (Å²) in [7, 11) is 0. The number of carbonyl (C=O) groups is 3. The topological polar surface area (TPSA) is 91.8 Å². The lowest BCUT2D eigenvalue weighted by molar-refractivity contribution is -0.161. The lowest BCUT2D eigenvalue weighted by Gasteiger charge is -2.18. The zero-order valence-corrected chi connectivity index (χ0v) is 31.0. The Balaban J connectivity index is 2.23. The molecule has 0 spiro atoms. The molecule has 0 bridgehead atoms. The number of aromatic nitrogens is 1. The molecule has 0 amide bonds. The fraction of sp³-hybridized carbons (Fsp3) is 0.805. The highest BCUT2D eigenvalue weighted by atomic mass is 16.6. The van der Waals surface area contributed by atoms with Crippen LogP contribution in [0.3, 0.4) is 0 Å². The fourth-order valence-corrected chi connectivity index (χ4v) is 5.93. The maximum absolute atomic E-state index is 12.6. The van der Waals surface area contributed by atoms with Gasteiger partial charge < -0.3 is 14.2 Å². The summed E-state index contributed by atoms with van der Waals surface area (Å²) in [5, 5.41) is 0. The van der Waals surface area contributed by atoms with Crippen molar-refractivity contribution in [2.75, 3.05) is 13.2 Å². The molecule has 0 aliphatic carbocycles. The number of hydrogen-bond donors (Lipinski definition) is 0. The van der Waals surface area contributed by atoms with Crippen LogP contribution >= 0.6 is 0 Å². The van der Waals surface area contributed by atoms with Gasteiger partial charge in [0.25, 0.3) is 0 Å². The minimum Gasteiger partial charge on any atom is -0.462 e. The van der Waals surface area contributed by atoms with Gasteiger partial charge in [-0.05, 0) is 25.0 Å². The Morgan fingerprint density at radius 1 is 0.542 bits per heavy atom. The first-order chi connectivity index (χ1) is 23.6. The van der Waals surface area contributed by atoms with Crippen LogP contribution in [0.5, 0.6) is 0 Å². The Labute approximate surface area is 294 Å². The van der Waals surface area contributed by atoms with Gasteiger partial charge in [0.2, 0.25) is 0 Å². The monoisotopic (exact) mass is 674 g/mol. The van der Waals surface area contributed by atoms with E-state index in [0.717, 1.165) is 38.5 Å². The number of pyridine rings is 1. The second-order valence-electron chi connectivity index (χ2n) is 13.6. The molecule has 1 unspecified atom stereocenters. The first kappa shape index (κ1) is 43.6. The average molecular weight is 674 g/mol. The van der Waals surface area contributed by atoms with Crippen molar-refractivity contribution >= 4 is 17.9 Å². The molecule has 1 aromatic heterocycles. The van der Waals surface area contributed by atoms with Gasteiger partial charge in [-0.2, -0.15) is 0 Å². The van der Waals surface area contributed by atoms with Gasteiger partial charge in [0.05, 0.1) is 5.56 Å². The molecule has 7 heteroatoms. The number of nitrogens with zero attached hydrogens (tertiary/aromatic N) is 1. The minimum atomic E-state index is -0.837. The number of ether oxygens (including phenoxy) is 3. The third-order valence-corrected chi connectivity index (χ3v) is 8.99. The fourth-order valence-electron chi connectivity index (χ4n) is 5.93. The van der Waals surface area contributed by atoms with Gasteiger partial charge in [0.15, 0.2) is 6.10 Å². The lowest BCUT2D eigenvalue weighted by atomic mass is 10.0. The van der Waals surface area contributed by atoms with E-state index in [2.05, 4.69) is 18.8 Å². The largest absolute Gasteiger partial charge is 0.462 e. The predicted molar refractivity (Wildman–Crippen MR) is 196 cm³/mol. The van der Waals surface area contributed by atoms with Crippen LogP contribution in [-0.4, -0.2) is 42.2 Å². The summed E-state index contributed by atoms with van der Waals surface area (Å²) in [5.74, 6) is -1.22. The van der Waals surface area contributed by atoms with Crippen LogP contribution in [-0.2, 0) is 23.8 Å². The molecular weight excluding hydrogens is 602 g/mol. The molecule has 0 fully saturated rings. The summed E-state index contributed by atoms with van der Waals surface area (Å²) < 4.78 is 16.4. The van der Waals surface area contributed by atoms with Gasteiger partial charge in [-0.25, -0.2) is 4.79 Å². The van der Waals surface area contributed by atoms with Crippen molar-refractivity contribution < 1.29 is 28.6 Å². The second kappa shape index (κ2) is 33.1. The molecule has 7 nitrogen and oxygen atoms in total. The van der Waals surface area contributed by atoms with Crippen LogP contribution in [0.2, 0.25) is 0 Å². The maximum Gasteiger partial charge on any atom is 0.339 e. The molecule has 0 N–H and O–H groups in total. The van der Waals surface area contributed by atoms with Crippen molar-refractivity contribution in [1.29, 1.82) is 0 Å². The number of hydrogen-bond acceptors (Lipinski definition) is 7. The van der Waals surface area contributed by atoms with Gasteiger partial charge in [-0.3, -0.25) is 14.6 Å². The summed E-state index contributed by atoms with van der Waals surface area (Å²) >= 11 is 0. The molecule has 1 rings (SSSR count). The van der Waals surface area contributed by atoms with Crippen molar-refractivity contribution in [3.05, 3.63) is 30.1 Å². The van der Waals surface area contributed by atoms with Gasteiger partial charge >= 0.3 is 17.9 Å². The Morgan fingerprint density at radius 3 is 1.35 bits per heavy atom. The van der Waals surface area contributed by atoms with Crippen molar-refractivity contribution in [3.63, 3.8) is 0 Å². The number of esters is 3. The number of unbranched alkanes of at least 4 members (excludes halogenated alkanes) is 24. The van der Waals surface area contributed by atoms with Crippen LogP contribution in [0.25, 0.3) is 0 Å². The number of rotatable bonds is 34. The molecule has 0 aliphatic heterocycles. The average Bonchev–Trinajstić information content (AvgIpc) is 3.10. The van der Waals surface area contributed by atoms with Crippen molar-refractivity contribution in [2.45, 2.75) is 200 Å². The highest BCUT2D eigenvalue weighted by Crippen LogP contribution is 2.15. The molecule has 0 saturated carbocycles. The smallest absolute Gasteiger partial charge is 0.339 e. The van der Waals surface area contributed by atoms with Gasteiger partial charge in [-0.1, -0.05) is 168 Å². The molecule has 1 heterocycles. The quantitative estimate of drug-likeness (QED) is 0.0408. The standard InChI is InChI=1S/C41H71NO6/c1-3-5-7-9-11-13-15-17-19-21-23-25-27-31-39(43)46-35-38(36-47-41(45)37-30-29-33-42-34-37)48-40(44)32-28-26-24-22-20-18-16-14-12-10-8-6-4-2/h29-30,33-34,38H,3-28,31-32,35-36H2,1-2H3. The summed E-state index contributed by atoms with van der Waals surface area (Å²) in [6.45, 7) is 4.21. The lowest BCUT2D eigenvalue weighted by Crippen LogP contribution is -2.31. The molecule has 0 radical (unpaired) electrons. The van der Waals surface area contributed by atoms with E-state index in [1.807, 2.05) is 0 Å². The van der Waals surface area contributed by atoms with Crippen LogP contribution in [0.15, 0.2) is 24.5 Å². The molecule has 276 valence electrons. The van der Waals surface area contributed by atoms with Crippen molar-refractivity contribution in [3.8, 4) is 0 Å². The van der Waals surface area contributed by atoms with Crippen LogP contribution < -0.4 is 0 Å². The molecule has 1 atom stereocenters. The highest BCUT2D eigenvalue weighted by Gasteiger charge is 2.20. The third-order valence-electron chi connectivity index (χ3n) is 8.99. The summed E-state index contributed by atoms with van der Waals surface area (Å²) in [6.07, 6.45) is 35.1. The second-order valence-corrected chi connectivity index (χ2v) is 13.6. The van der Waals surface area contributed by atoms with Crippen LogP contribution in [0.1, 0.15) is 204 Å². The highest BCUT2D eigenvalue weighted by molar-refractivity contribution is 5.88. The first-order valence-electron chi connectivity index (χ1n) is 20.0. The molecule has 0 aliphatic rings. The van der Waals surface area contributed by atoms with Gasteiger partial charge in [0, 0.05) is 25.2 Å². The maximum atomic E-state index is 12.6. The number of carbonyl (C=O) groups excluding carboxylic acids is 3. The van der Waals surface area contributed by atoms with E-state index >= 15 is 0 Å². The Bertz CT molecular complexity index is 892. The Morgan fingerprint density at radius 2 is 0.938 bits per heavy atom. The van der Waals surface area contributed by atoms with Gasteiger partial charge in [0.1, 0.15) is 13.2 Å². The third kappa shape index (κ3) is 27.5. The first-order valence-corrected chi connectivity index (χ1v) is 20.0. The van der Waals surface area contributed by atoms with E-state index in [1.54, 1.807) is 18.3 Å². The SMILES string of the molecule is CCCCCCCCCCCCCCCC(=O)OCC(COC(=O)c1cccnc1)OC(=O)CCCCCCCCCCCCCCC. The minimum absolute atomic E-state index is 0.123. The normalized spacial score (nSPS) is 11.7. The van der Waals surface area contributed by atoms with Crippen LogP contribution in [0, 0.1) is 0 Å². The van der Waals surface area contributed by atoms with Crippen molar-refractivity contribution in [1.82, 2.24) is 4.98 Å². The Kier molecular flexibility index (Phi) is 30.0. The molecule has 0 saturated heterocycles. The van der Waals surface area contributed by atoms with E-state index in [1.165, 1.54) is 135 Å². The predicted octanol–water partition coefficient (Wildman–Crippen LogP) is 11.7. The zero-order valence-electron chi connectivity index (χ0n) is 31.0. The van der Waals surface area contributed by atoms with E-state index in [9.17, 15) is 14.4 Å². The summed E-state index contributed by atoms with van der Waals surface area (Å²) in [5.41, 5.74) is 0.314. The summed E-state index contributed by atoms with van der Waals surface area (Å²) in [6, 6.07) is 3.27. The Hall–Kier alpha value is -2.44. The van der Waals surface area contributed by atoms with E-state index < -0.39 is 12.1 Å². The molecule has 0 aromatic carbocycles. The summed E-state index contributed by atoms with van der Waals surface area (Å²) in [4.78, 5) is 41.4. The van der Waals surface area contributed by atoms with Crippen molar-refractivity contribution in [2.24, 2.45) is 0 Å². The van der Waals surface area contributed by atoms with E-state index in [4.69, 9.17) is 14.2 Å². The zero-order chi connectivity index (χ0) is 34.8. The van der Waals surface area contributed by atoms with Gasteiger partial charge in [-0.15, -0.1) is 0 Å².